The van der Waals surface area contributed by atoms with Gasteiger partial charge in [-0.1, -0.05) is 30.3 Å². The number of rotatable bonds is 2. The Kier molecular flexibility index (Phi) is 4.52. The summed E-state index contributed by atoms with van der Waals surface area (Å²) in [6.07, 6.45) is 4.25. The number of benzene rings is 1. The van der Waals surface area contributed by atoms with Crippen LogP contribution in [0.3, 0.4) is 0 Å². The van der Waals surface area contributed by atoms with Crippen molar-refractivity contribution in [2.45, 2.75) is 30.7 Å². The second-order valence-corrected chi connectivity index (χ2v) is 7.80. The van der Waals surface area contributed by atoms with Crippen LogP contribution in [0.1, 0.15) is 41.1 Å². The van der Waals surface area contributed by atoms with E-state index in [1.807, 2.05) is 6.07 Å². The summed E-state index contributed by atoms with van der Waals surface area (Å²) in [4.78, 5) is 30.7. The van der Waals surface area contributed by atoms with Crippen LogP contribution < -0.4 is 5.56 Å². The van der Waals surface area contributed by atoms with E-state index in [9.17, 15) is 14.7 Å². The van der Waals surface area contributed by atoms with Crippen molar-refractivity contribution in [2.24, 2.45) is 0 Å². The molecule has 1 spiro atoms. The van der Waals surface area contributed by atoms with Crippen LogP contribution in [0.15, 0.2) is 47.4 Å². The molecule has 1 aromatic carbocycles. The van der Waals surface area contributed by atoms with E-state index in [0.29, 0.717) is 19.0 Å². The van der Waals surface area contributed by atoms with Crippen molar-refractivity contribution >= 4 is 5.91 Å². The molecule has 0 radical (unpaired) electrons. The summed E-state index contributed by atoms with van der Waals surface area (Å²) in [6, 6.07) is 11.7. The van der Waals surface area contributed by atoms with Gasteiger partial charge in [-0.2, -0.15) is 0 Å². The number of likely N-dealkylation sites (tertiary alicyclic amines) is 2. The van der Waals surface area contributed by atoms with E-state index in [2.05, 4.69) is 41.2 Å². The van der Waals surface area contributed by atoms with Crippen molar-refractivity contribution < 1.29 is 9.90 Å². The maximum Gasteiger partial charge on any atom is 0.259 e. The molecule has 6 nitrogen and oxygen atoms in total. The first-order valence-corrected chi connectivity index (χ1v) is 9.46. The molecule has 1 aromatic heterocycles. The number of H-pyrrole nitrogens is 1. The Bertz CT molecular complexity index is 885. The van der Waals surface area contributed by atoms with Gasteiger partial charge in [0.25, 0.3) is 11.5 Å². The zero-order chi connectivity index (χ0) is 19.0. The molecule has 2 fully saturated rings. The first-order valence-electron chi connectivity index (χ1n) is 9.46. The van der Waals surface area contributed by atoms with Crippen LogP contribution in [-0.4, -0.2) is 58.0 Å². The van der Waals surface area contributed by atoms with Crippen molar-refractivity contribution in [1.29, 1.82) is 0 Å². The largest absolute Gasteiger partial charge is 0.507 e. The Balaban J connectivity index is 1.45. The highest BCUT2D eigenvalue weighted by Gasteiger charge is 2.46. The van der Waals surface area contributed by atoms with Crippen molar-refractivity contribution in [3.05, 3.63) is 64.1 Å². The highest BCUT2D eigenvalue weighted by molar-refractivity contribution is 5.96. The summed E-state index contributed by atoms with van der Waals surface area (Å²) < 4.78 is 0. The molecule has 1 atom stereocenters. The van der Waals surface area contributed by atoms with Gasteiger partial charge in [0, 0.05) is 37.4 Å². The summed E-state index contributed by atoms with van der Waals surface area (Å²) in [7, 11) is 2.19. The molecule has 0 saturated carbocycles. The van der Waals surface area contributed by atoms with Gasteiger partial charge in [0.1, 0.15) is 5.75 Å². The topological polar surface area (TPSA) is 76.6 Å². The maximum absolute atomic E-state index is 12.7. The van der Waals surface area contributed by atoms with Crippen LogP contribution >= 0.6 is 0 Å². The number of likely N-dealkylation sites (N-methyl/N-ethyl adjacent to an activating group) is 1. The third-order valence-electron chi connectivity index (χ3n) is 6.32. The Morgan fingerprint density at radius 2 is 1.93 bits per heavy atom. The number of aromatic amines is 1. The van der Waals surface area contributed by atoms with E-state index in [1.165, 1.54) is 11.8 Å². The van der Waals surface area contributed by atoms with Crippen LogP contribution in [0.25, 0.3) is 0 Å². The van der Waals surface area contributed by atoms with Crippen LogP contribution in [0.5, 0.6) is 5.75 Å². The van der Waals surface area contributed by atoms with Gasteiger partial charge in [-0.3, -0.25) is 14.5 Å². The molecule has 0 bridgehead atoms. The van der Waals surface area contributed by atoms with Crippen molar-refractivity contribution in [3.63, 3.8) is 0 Å². The lowest BCUT2D eigenvalue weighted by atomic mass is 9.81. The SMILES string of the molecule is CN1C[C@@H](c2ccccc2)CC12CCN(C(=O)c1c[nH]c(=O)cc1O)CC2. The first kappa shape index (κ1) is 17.8. The molecular weight excluding hydrogens is 342 g/mol. The van der Waals surface area contributed by atoms with E-state index >= 15 is 0 Å². The molecule has 2 aliphatic rings. The van der Waals surface area contributed by atoms with E-state index in [0.717, 1.165) is 31.9 Å². The van der Waals surface area contributed by atoms with Gasteiger partial charge in [0.15, 0.2) is 0 Å². The Morgan fingerprint density at radius 3 is 2.59 bits per heavy atom. The number of carbonyl (C=O) groups excluding carboxylic acids is 1. The van der Waals surface area contributed by atoms with Gasteiger partial charge in [0.05, 0.1) is 5.56 Å². The minimum absolute atomic E-state index is 0.129. The van der Waals surface area contributed by atoms with Gasteiger partial charge in [-0.15, -0.1) is 0 Å². The molecule has 3 heterocycles. The van der Waals surface area contributed by atoms with Gasteiger partial charge in [-0.05, 0) is 37.8 Å². The minimum Gasteiger partial charge on any atom is -0.507 e. The van der Waals surface area contributed by atoms with Crippen LogP contribution in [0, 0.1) is 0 Å². The van der Waals surface area contributed by atoms with Crippen LogP contribution in [-0.2, 0) is 0 Å². The zero-order valence-corrected chi connectivity index (χ0v) is 15.5. The number of amides is 1. The van der Waals surface area contributed by atoms with Gasteiger partial charge < -0.3 is 15.0 Å². The number of aromatic hydroxyl groups is 1. The van der Waals surface area contributed by atoms with E-state index in [-0.39, 0.29) is 22.8 Å². The van der Waals surface area contributed by atoms with Crippen molar-refractivity contribution in [1.82, 2.24) is 14.8 Å². The molecule has 142 valence electrons. The fraction of sp³-hybridized carbons (Fsp3) is 0.429. The monoisotopic (exact) mass is 367 g/mol. The van der Waals surface area contributed by atoms with Crippen molar-refractivity contribution in [2.75, 3.05) is 26.7 Å². The molecule has 4 rings (SSSR count). The lowest BCUT2D eigenvalue weighted by molar-refractivity contribution is 0.0489. The quantitative estimate of drug-likeness (QED) is 0.853. The van der Waals surface area contributed by atoms with E-state index in [4.69, 9.17) is 0 Å². The first-order chi connectivity index (χ1) is 13.0. The number of hydrogen-bond donors (Lipinski definition) is 2. The third-order valence-corrected chi connectivity index (χ3v) is 6.32. The number of piperidine rings is 1. The number of nitrogens with one attached hydrogen (secondary N) is 1. The van der Waals surface area contributed by atoms with Crippen LogP contribution in [0.2, 0.25) is 0 Å². The summed E-state index contributed by atoms with van der Waals surface area (Å²) in [5, 5.41) is 9.92. The summed E-state index contributed by atoms with van der Waals surface area (Å²) >= 11 is 0. The number of pyridine rings is 1. The Labute approximate surface area is 158 Å². The number of aromatic nitrogens is 1. The third kappa shape index (κ3) is 3.25. The molecule has 2 aromatic rings. The standard InChI is InChI=1S/C21H25N3O3/c1-23-14-16(15-5-3-2-4-6-15)12-21(23)7-9-24(10-8-21)20(27)17-13-22-19(26)11-18(17)25/h2-6,11,13,16H,7-10,12,14H2,1H3,(H2,22,25,26)/t16-/m0/s1. The lowest BCUT2D eigenvalue weighted by Crippen LogP contribution is -2.52. The van der Waals surface area contributed by atoms with Crippen molar-refractivity contribution in [3.8, 4) is 5.75 Å². The predicted molar refractivity (Wildman–Crippen MR) is 103 cm³/mol. The maximum atomic E-state index is 12.7. The normalized spacial score (nSPS) is 22.3. The van der Waals surface area contributed by atoms with Crippen LogP contribution in [0.4, 0.5) is 0 Å². The Hall–Kier alpha value is -2.60. The number of carbonyl (C=O) groups is 1. The molecule has 2 aliphatic heterocycles. The summed E-state index contributed by atoms with van der Waals surface area (Å²) in [5.74, 6) is 0.0479. The van der Waals surface area contributed by atoms with Gasteiger partial charge in [-0.25, -0.2) is 0 Å². The fourth-order valence-corrected chi connectivity index (χ4v) is 4.67. The average Bonchev–Trinajstić information content (AvgIpc) is 2.99. The molecule has 1 amide bonds. The molecule has 0 unspecified atom stereocenters. The number of nitrogens with zero attached hydrogens (tertiary/aromatic N) is 2. The van der Waals surface area contributed by atoms with Gasteiger partial charge >= 0.3 is 0 Å². The van der Waals surface area contributed by atoms with E-state index < -0.39 is 5.56 Å². The lowest BCUT2D eigenvalue weighted by Gasteiger charge is -2.43. The predicted octanol–water partition coefficient (Wildman–Crippen LogP) is 2.17. The Morgan fingerprint density at radius 1 is 1.22 bits per heavy atom. The summed E-state index contributed by atoms with van der Waals surface area (Å²) in [6.45, 7) is 2.35. The highest BCUT2D eigenvalue weighted by atomic mass is 16.3. The molecule has 0 aliphatic carbocycles. The second kappa shape index (κ2) is 6.85. The fourth-order valence-electron chi connectivity index (χ4n) is 4.67. The molecule has 2 N–H and O–H groups in total. The molecular formula is C21H25N3O3. The molecule has 6 heteroatoms. The summed E-state index contributed by atoms with van der Waals surface area (Å²) in [5.41, 5.74) is 1.26. The minimum atomic E-state index is -0.416. The molecule has 2 saturated heterocycles. The molecule has 27 heavy (non-hydrogen) atoms. The smallest absolute Gasteiger partial charge is 0.259 e. The number of hydrogen-bond acceptors (Lipinski definition) is 4. The average molecular weight is 367 g/mol. The highest BCUT2D eigenvalue weighted by Crippen LogP contribution is 2.44. The van der Waals surface area contributed by atoms with Gasteiger partial charge in [0.2, 0.25) is 0 Å². The second-order valence-electron chi connectivity index (χ2n) is 7.80. The van der Waals surface area contributed by atoms with E-state index in [1.54, 1.807) is 4.90 Å². The zero-order valence-electron chi connectivity index (χ0n) is 15.5.